The fourth-order valence-corrected chi connectivity index (χ4v) is 5.33. The van der Waals surface area contributed by atoms with Crippen LogP contribution in [0.25, 0.3) is 0 Å². The predicted molar refractivity (Wildman–Crippen MR) is 125 cm³/mol. The number of amides is 2. The van der Waals surface area contributed by atoms with Crippen LogP contribution in [0.1, 0.15) is 54.1 Å². The zero-order valence-electron chi connectivity index (χ0n) is 19.0. The SMILES string of the molecule is CNC(=O)c1ccc(NC(=O)C2CCN(S(=O)(=O)c3ccc(C(C)C)cc3)CC2)c(C)c1. The molecule has 1 aliphatic heterocycles. The number of benzene rings is 2. The van der Waals surface area contributed by atoms with Gasteiger partial charge in [0.2, 0.25) is 15.9 Å². The van der Waals surface area contributed by atoms with Crippen LogP contribution >= 0.6 is 0 Å². The van der Waals surface area contributed by atoms with Crippen molar-refractivity contribution in [2.24, 2.45) is 5.92 Å². The van der Waals surface area contributed by atoms with Gasteiger partial charge in [-0.25, -0.2) is 8.42 Å². The summed E-state index contributed by atoms with van der Waals surface area (Å²) in [6.07, 6.45) is 0.926. The summed E-state index contributed by atoms with van der Waals surface area (Å²) in [5, 5.41) is 5.50. The summed E-state index contributed by atoms with van der Waals surface area (Å²) in [6, 6.07) is 12.2. The number of anilines is 1. The molecule has 1 saturated heterocycles. The van der Waals surface area contributed by atoms with Crippen LogP contribution in [-0.2, 0) is 14.8 Å². The molecular formula is C24H31N3O4S. The number of rotatable bonds is 6. The maximum Gasteiger partial charge on any atom is 0.251 e. The minimum absolute atomic E-state index is 0.126. The van der Waals surface area contributed by atoms with Crippen molar-refractivity contribution in [1.29, 1.82) is 0 Å². The zero-order chi connectivity index (χ0) is 23.5. The number of sulfonamides is 1. The van der Waals surface area contributed by atoms with E-state index in [-0.39, 0.29) is 22.6 Å². The molecule has 0 atom stereocenters. The van der Waals surface area contributed by atoms with Gasteiger partial charge in [-0.15, -0.1) is 0 Å². The molecule has 1 fully saturated rings. The van der Waals surface area contributed by atoms with Crippen LogP contribution in [0.4, 0.5) is 5.69 Å². The first-order chi connectivity index (χ1) is 15.1. The van der Waals surface area contributed by atoms with E-state index in [1.807, 2.05) is 19.1 Å². The van der Waals surface area contributed by atoms with Crippen molar-refractivity contribution in [3.8, 4) is 0 Å². The second-order valence-electron chi connectivity index (χ2n) is 8.50. The Bertz CT molecular complexity index is 1090. The molecule has 172 valence electrons. The molecule has 2 N–H and O–H groups in total. The van der Waals surface area contributed by atoms with Gasteiger partial charge in [-0.1, -0.05) is 26.0 Å². The van der Waals surface area contributed by atoms with Crippen molar-refractivity contribution in [2.45, 2.75) is 44.4 Å². The Labute approximate surface area is 190 Å². The van der Waals surface area contributed by atoms with Crippen LogP contribution in [0.2, 0.25) is 0 Å². The standard InChI is InChI=1S/C24H31N3O4S/c1-16(2)18-5-8-21(9-6-18)32(30,31)27-13-11-19(12-14-27)24(29)26-22-10-7-20(15-17(22)3)23(28)25-4/h5-10,15-16,19H,11-14H2,1-4H3,(H,25,28)(H,26,29). The summed E-state index contributed by atoms with van der Waals surface area (Å²) in [5.41, 5.74) is 3.08. The number of piperidine rings is 1. The van der Waals surface area contributed by atoms with Gasteiger partial charge in [0, 0.05) is 37.3 Å². The van der Waals surface area contributed by atoms with Gasteiger partial charge in [-0.2, -0.15) is 4.31 Å². The zero-order valence-corrected chi connectivity index (χ0v) is 19.8. The van der Waals surface area contributed by atoms with Crippen LogP contribution in [0.5, 0.6) is 0 Å². The first kappa shape index (κ1) is 23.9. The van der Waals surface area contributed by atoms with E-state index < -0.39 is 10.0 Å². The minimum atomic E-state index is -3.57. The lowest BCUT2D eigenvalue weighted by Gasteiger charge is -2.30. The summed E-state index contributed by atoms with van der Waals surface area (Å²) in [5.74, 6) is -0.232. The molecule has 0 unspecified atom stereocenters. The van der Waals surface area contributed by atoms with Crippen molar-refractivity contribution < 1.29 is 18.0 Å². The van der Waals surface area contributed by atoms with Gasteiger partial charge in [0.05, 0.1) is 4.90 Å². The average Bonchev–Trinajstić information content (AvgIpc) is 2.79. The van der Waals surface area contributed by atoms with E-state index in [4.69, 9.17) is 0 Å². The number of hydrogen-bond donors (Lipinski definition) is 2. The molecule has 0 bridgehead atoms. The van der Waals surface area contributed by atoms with Crippen molar-refractivity contribution in [3.05, 3.63) is 59.2 Å². The average molecular weight is 458 g/mol. The normalized spacial score (nSPS) is 15.5. The molecule has 8 heteroatoms. The first-order valence-electron chi connectivity index (χ1n) is 10.9. The van der Waals surface area contributed by atoms with Crippen molar-refractivity contribution in [2.75, 3.05) is 25.5 Å². The van der Waals surface area contributed by atoms with E-state index in [1.54, 1.807) is 37.4 Å². The van der Waals surface area contributed by atoms with Crippen LogP contribution in [0.3, 0.4) is 0 Å². The maximum atomic E-state index is 13.0. The fourth-order valence-electron chi connectivity index (χ4n) is 3.86. The molecule has 2 aromatic carbocycles. The third kappa shape index (κ3) is 5.19. The smallest absolute Gasteiger partial charge is 0.251 e. The molecule has 0 radical (unpaired) electrons. The van der Waals surface area contributed by atoms with E-state index >= 15 is 0 Å². The molecule has 0 aliphatic carbocycles. The van der Waals surface area contributed by atoms with Gasteiger partial charge in [0.25, 0.3) is 5.91 Å². The molecular weight excluding hydrogens is 426 g/mol. The highest BCUT2D eigenvalue weighted by Crippen LogP contribution is 2.26. The first-order valence-corrected chi connectivity index (χ1v) is 12.3. The van der Waals surface area contributed by atoms with Gasteiger partial charge in [0.15, 0.2) is 0 Å². The molecule has 32 heavy (non-hydrogen) atoms. The number of nitrogens with one attached hydrogen (secondary N) is 2. The second-order valence-corrected chi connectivity index (χ2v) is 10.4. The lowest BCUT2D eigenvalue weighted by atomic mass is 9.97. The van der Waals surface area contributed by atoms with Gasteiger partial charge in [-0.05, 0) is 67.1 Å². The highest BCUT2D eigenvalue weighted by Gasteiger charge is 2.32. The van der Waals surface area contributed by atoms with Gasteiger partial charge < -0.3 is 10.6 Å². The molecule has 3 rings (SSSR count). The Kier molecular flexibility index (Phi) is 7.36. The molecule has 2 aromatic rings. The Morgan fingerprint density at radius 1 is 1.03 bits per heavy atom. The molecule has 1 heterocycles. The number of hydrogen-bond acceptors (Lipinski definition) is 4. The summed E-state index contributed by atoms with van der Waals surface area (Å²) in [6.45, 7) is 6.58. The fraction of sp³-hybridized carbons (Fsp3) is 0.417. The lowest BCUT2D eigenvalue weighted by Crippen LogP contribution is -2.41. The highest BCUT2D eigenvalue weighted by atomic mass is 32.2. The van der Waals surface area contributed by atoms with E-state index in [2.05, 4.69) is 24.5 Å². The van der Waals surface area contributed by atoms with Gasteiger partial charge in [0.1, 0.15) is 0 Å². The third-order valence-electron chi connectivity index (χ3n) is 5.98. The molecule has 1 aliphatic rings. The van der Waals surface area contributed by atoms with Crippen LogP contribution in [-0.4, -0.2) is 44.7 Å². The number of aryl methyl sites for hydroxylation is 1. The van der Waals surface area contributed by atoms with E-state index in [1.165, 1.54) is 4.31 Å². The Hall–Kier alpha value is -2.71. The van der Waals surface area contributed by atoms with Gasteiger partial charge in [-0.3, -0.25) is 9.59 Å². The Balaban J connectivity index is 1.61. The summed E-state index contributed by atoms with van der Waals surface area (Å²) in [7, 11) is -2.00. The Morgan fingerprint density at radius 3 is 2.19 bits per heavy atom. The molecule has 0 spiro atoms. The van der Waals surface area contributed by atoms with Crippen LogP contribution in [0, 0.1) is 12.8 Å². The maximum absolute atomic E-state index is 13.0. The van der Waals surface area contributed by atoms with Crippen LogP contribution in [0.15, 0.2) is 47.4 Å². The molecule has 7 nitrogen and oxygen atoms in total. The lowest BCUT2D eigenvalue weighted by molar-refractivity contribution is -0.120. The minimum Gasteiger partial charge on any atom is -0.355 e. The van der Waals surface area contributed by atoms with Crippen molar-refractivity contribution in [1.82, 2.24) is 9.62 Å². The molecule has 2 amide bonds. The summed E-state index contributed by atoms with van der Waals surface area (Å²) >= 11 is 0. The third-order valence-corrected chi connectivity index (χ3v) is 7.90. The van der Waals surface area contributed by atoms with Crippen LogP contribution < -0.4 is 10.6 Å². The Morgan fingerprint density at radius 2 is 1.66 bits per heavy atom. The van der Waals surface area contributed by atoms with Gasteiger partial charge >= 0.3 is 0 Å². The number of carbonyl (C=O) groups excluding carboxylic acids is 2. The molecule has 0 aromatic heterocycles. The number of carbonyl (C=O) groups is 2. The predicted octanol–water partition coefficient (Wildman–Crippen LogP) is 3.52. The second kappa shape index (κ2) is 9.83. The van der Waals surface area contributed by atoms with E-state index in [9.17, 15) is 18.0 Å². The topological polar surface area (TPSA) is 95.6 Å². The molecule has 0 saturated carbocycles. The summed E-state index contributed by atoms with van der Waals surface area (Å²) < 4.78 is 27.4. The largest absolute Gasteiger partial charge is 0.355 e. The monoisotopic (exact) mass is 457 g/mol. The highest BCUT2D eigenvalue weighted by molar-refractivity contribution is 7.89. The van der Waals surface area contributed by atoms with E-state index in [0.717, 1.165) is 11.1 Å². The summed E-state index contributed by atoms with van der Waals surface area (Å²) in [4.78, 5) is 24.8. The number of nitrogens with zero attached hydrogens (tertiary/aromatic N) is 1. The van der Waals surface area contributed by atoms with Crippen molar-refractivity contribution >= 4 is 27.5 Å². The van der Waals surface area contributed by atoms with Crippen molar-refractivity contribution in [3.63, 3.8) is 0 Å². The van der Waals surface area contributed by atoms with E-state index in [0.29, 0.717) is 43.1 Å². The quantitative estimate of drug-likeness (QED) is 0.694.